The number of thiol groups is 1. The van der Waals surface area contributed by atoms with Gasteiger partial charge >= 0.3 is 12.2 Å². The Morgan fingerprint density at radius 2 is 1.53 bits per heavy atom. The van der Waals surface area contributed by atoms with Crippen molar-refractivity contribution in [2.24, 2.45) is 4.99 Å². The number of nitrogens with zero attached hydrogens (tertiary/aromatic N) is 1. The Labute approximate surface area is 119 Å². The van der Waals surface area contributed by atoms with Crippen LogP contribution in [0.2, 0.25) is 0 Å². The van der Waals surface area contributed by atoms with Crippen LogP contribution in [0.4, 0.5) is 9.59 Å². The zero-order valence-electron chi connectivity index (χ0n) is 12.2. The third kappa shape index (κ3) is 10.4. The van der Waals surface area contributed by atoms with Gasteiger partial charge in [0, 0.05) is 5.75 Å². The number of nitrogens with one attached hydrogen (secondary N) is 1. The highest BCUT2D eigenvalue weighted by Crippen LogP contribution is 2.09. The van der Waals surface area contributed by atoms with E-state index in [1.54, 1.807) is 41.5 Å². The maximum Gasteiger partial charge on any atom is 0.435 e. The molecule has 0 aliphatic rings. The second-order valence-electron chi connectivity index (χ2n) is 5.82. The van der Waals surface area contributed by atoms with Crippen LogP contribution in [0.15, 0.2) is 4.99 Å². The van der Waals surface area contributed by atoms with Crippen molar-refractivity contribution in [3.63, 3.8) is 0 Å². The van der Waals surface area contributed by atoms with E-state index in [-0.39, 0.29) is 11.6 Å². The summed E-state index contributed by atoms with van der Waals surface area (Å²) < 4.78 is 10.0. The number of carbonyl (C=O) groups excluding carboxylic acids is 2. The van der Waals surface area contributed by atoms with E-state index in [4.69, 9.17) is 9.47 Å². The molecule has 0 unspecified atom stereocenters. The fraction of sp³-hybridized carbons (Fsp3) is 0.750. The van der Waals surface area contributed by atoms with Crippen LogP contribution in [0.5, 0.6) is 0 Å². The van der Waals surface area contributed by atoms with Crippen molar-refractivity contribution in [1.29, 1.82) is 0 Å². The zero-order chi connectivity index (χ0) is 15.3. The predicted molar refractivity (Wildman–Crippen MR) is 76.9 cm³/mol. The molecule has 0 fully saturated rings. The fourth-order valence-corrected chi connectivity index (χ4v) is 1.07. The number of rotatable bonds is 1. The van der Waals surface area contributed by atoms with Crippen molar-refractivity contribution in [2.75, 3.05) is 5.75 Å². The molecule has 0 saturated carbocycles. The van der Waals surface area contributed by atoms with Gasteiger partial charge < -0.3 is 9.47 Å². The lowest BCUT2D eigenvalue weighted by Crippen LogP contribution is -2.37. The van der Waals surface area contributed by atoms with Gasteiger partial charge in [-0.2, -0.15) is 17.6 Å². The number of carbonyl (C=O) groups is 2. The molecule has 6 nitrogen and oxygen atoms in total. The minimum absolute atomic E-state index is 0.0758. The molecule has 110 valence electrons. The summed E-state index contributed by atoms with van der Waals surface area (Å²) in [7, 11) is 0. The number of amidine groups is 1. The quantitative estimate of drug-likeness (QED) is 0.442. The molecule has 19 heavy (non-hydrogen) atoms. The molecule has 0 bridgehead atoms. The van der Waals surface area contributed by atoms with Crippen LogP contribution in [0.3, 0.4) is 0 Å². The first kappa shape index (κ1) is 17.8. The molecule has 0 atom stereocenters. The lowest BCUT2D eigenvalue weighted by atomic mass is 10.2. The summed E-state index contributed by atoms with van der Waals surface area (Å²) >= 11 is 3.98. The van der Waals surface area contributed by atoms with Crippen molar-refractivity contribution in [3.05, 3.63) is 0 Å². The first-order valence-electron chi connectivity index (χ1n) is 5.84. The molecule has 0 aliphatic heterocycles. The monoisotopic (exact) mass is 290 g/mol. The van der Waals surface area contributed by atoms with Crippen LogP contribution in [0, 0.1) is 0 Å². The fourth-order valence-electron chi connectivity index (χ4n) is 0.919. The average molecular weight is 290 g/mol. The summed E-state index contributed by atoms with van der Waals surface area (Å²) in [5.41, 5.74) is -1.27. The average Bonchev–Trinajstić information content (AvgIpc) is 2.10. The number of ether oxygens (including phenoxy) is 2. The summed E-state index contributed by atoms with van der Waals surface area (Å²) in [5, 5.41) is 2.35. The largest absolute Gasteiger partial charge is 0.444 e. The van der Waals surface area contributed by atoms with Gasteiger partial charge in [0.25, 0.3) is 0 Å². The minimum Gasteiger partial charge on any atom is -0.444 e. The van der Waals surface area contributed by atoms with Gasteiger partial charge in [0.2, 0.25) is 0 Å². The van der Waals surface area contributed by atoms with Crippen LogP contribution < -0.4 is 5.32 Å². The molecule has 0 spiro atoms. The SMILES string of the molecule is CC(C)(C)OC(=O)N=C(CS)NC(=O)OC(C)(C)C. The lowest BCUT2D eigenvalue weighted by molar-refractivity contribution is 0.0562. The Balaban J connectivity index is 4.58. The lowest BCUT2D eigenvalue weighted by Gasteiger charge is -2.20. The standard InChI is InChI=1S/C12H22N2O4S/c1-11(2,3)17-9(15)13-8(7-19)14-10(16)18-12(4,5)6/h19H,7H2,1-6H3,(H,13,14,15,16). The van der Waals surface area contributed by atoms with E-state index in [2.05, 4.69) is 22.9 Å². The van der Waals surface area contributed by atoms with Crippen LogP contribution in [-0.4, -0.2) is 35.0 Å². The second kappa shape index (κ2) is 6.79. The number of aliphatic imine (C=N–C) groups is 1. The Morgan fingerprint density at radius 1 is 1.05 bits per heavy atom. The maximum absolute atomic E-state index is 11.5. The van der Waals surface area contributed by atoms with Crippen LogP contribution in [0.1, 0.15) is 41.5 Å². The Morgan fingerprint density at radius 3 is 1.89 bits per heavy atom. The zero-order valence-corrected chi connectivity index (χ0v) is 13.1. The Hall–Kier alpha value is -1.24. The van der Waals surface area contributed by atoms with Gasteiger partial charge in [0.15, 0.2) is 0 Å². The van der Waals surface area contributed by atoms with E-state index in [1.165, 1.54) is 0 Å². The van der Waals surface area contributed by atoms with Gasteiger partial charge in [-0.15, -0.1) is 0 Å². The van der Waals surface area contributed by atoms with Gasteiger partial charge in [0.1, 0.15) is 17.0 Å². The summed E-state index contributed by atoms with van der Waals surface area (Å²) in [6.07, 6.45) is -1.48. The molecule has 0 aromatic heterocycles. The van der Waals surface area contributed by atoms with E-state index in [0.29, 0.717) is 0 Å². The number of hydrogen-bond donors (Lipinski definition) is 2. The van der Waals surface area contributed by atoms with Gasteiger partial charge in [-0.1, -0.05) is 0 Å². The first-order valence-corrected chi connectivity index (χ1v) is 6.47. The third-order valence-electron chi connectivity index (χ3n) is 1.41. The highest BCUT2D eigenvalue weighted by molar-refractivity contribution is 7.81. The van der Waals surface area contributed by atoms with Crippen molar-refractivity contribution in [1.82, 2.24) is 5.32 Å². The van der Waals surface area contributed by atoms with E-state index in [1.807, 2.05) is 0 Å². The van der Waals surface area contributed by atoms with Gasteiger partial charge in [-0.3, -0.25) is 5.32 Å². The van der Waals surface area contributed by atoms with Crippen molar-refractivity contribution in [3.8, 4) is 0 Å². The Bertz CT molecular complexity index is 367. The van der Waals surface area contributed by atoms with Crippen molar-refractivity contribution in [2.45, 2.75) is 52.7 Å². The molecule has 1 N–H and O–H groups in total. The molecule has 0 radical (unpaired) electrons. The summed E-state index contributed by atoms with van der Waals surface area (Å²) in [5.74, 6) is 0.158. The summed E-state index contributed by atoms with van der Waals surface area (Å²) in [4.78, 5) is 26.6. The molecule has 0 aromatic rings. The van der Waals surface area contributed by atoms with E-state index in [0.717, 1.165) is 0 Å². The number of amides is 2. The number of alkyl carbamates (subject to hydrolysis) is 1. The van der Waals surface area contributed by atoms with Crippen molar-refractivity contribution >= 4 is 30.7 Å². The molecule has 0 aromatic carbocycles. The molecule has 0 rings (SSSR count). The number of hydrogen-bond acceptors (Lipinski definition) is 5. The molecule has 0 heterocycles. The van der Waals surface area contributed by atoms with Crippen molar-refractivity contribution < 1.29 is 19.1 Å². The topological polar surface area (TPSA) is 77.0 Å². The van der Waals surface area contributed by atoms with Gasteiger partial charge in [-0.25, -0.2) is 9.59 Å². The van der Waals surface area contributed by atoms with Crippen LogP contribution in [0.25, 0.3) is 0 Å². The van der Waals surface area contributed by atoms with E-state index < -0.39 is 23.4 Å². The maximum atomic E-state index is 11.5. The van der Waals surface area contributed by atoms with Gasteiger partial charge in [0.05, 0.1) is 0 Å². The van der Waals surface area contributed by atoms with Crippen LogP contribution in [-0.2, 0) is 9.47 Å². The molecular formula is C12H22N2O4S. The molecular weight excluding hydrogens is 268 g/mol. The molecule has 0 saturated heterocycles. The minimum atomic E-state index is -0.785. The van der Waals surface area contributed by atoms with E-state index in [9.17, 15) is 9.59 Å². The van der Waals surface area contributed by atoms with E-state index >= 15 is 0 Å². The smallest absolute Gasteiger partial charge is 0.435 e. The summed E-state index contributed by atoms with van der Waals surface area (Å²) in [6, 6.07) is 0. The Kier molecular flexibility index (Phi) is 6.35. The first-order chi connectivity index (χ1) is 8.43. The molecule has 2 amide bonds. The molecule has 7 heteroatoms. The highest BCUT2D eigenvalue weighted by atomic mass is 32.1. The van der Waals surface area contributed by atoms with Gasteiger partial charge in [-0.05, 0) is 41.5 Å². The second-order valence-corrected chi connectivity index (χ2v) is 6.14. The molecule has 0 aliphatic carbocycles. The predicted octanol–water partition coefficient (Wildman–Crippen LogP) is 2.77. The normalized spacial score (nSPS) is 12.9. The third-order valence-corrected chi connectivity index (χ3v) is 1.71. The summed E-state index contributed by atoms with van der Waals surface area (Å²) in [6.45, 7) is 10.4. The highest BCUT2D eigenvalue weighted by Gasteiger charge is 2.19. The van der Waals surface area contributed by atoms with Crippen LogP contribution >= 0.6 is 12.6 Å².